The fourth-order valence-corrected chi connectivity index (χ4v) is 6.07. The van der Waals surface area contributed by atoms with Crippen LogP contribution >= 0.6 is 0 Å². The first kappa shape index (κ1) is 27.9. The van der Waals surface area contributed by atoms with Crippen LogP contribution in [0.2, 0.25) is 0 Å². The molecule has 0 saturated carbocycles. The lowest BCUT2D eigenvalue weighted by Gasteiger charge is -2.34. The minimum atomic E-state index is -3.64. The molecular formula is C32H27N5O5S. The number of anilines is 2. The second-order valence-corrected chi connectivity index (χ2v) is 11.8. The molecule has 0 spiro atoms. The fourth-order valence-electron chi connectivity index (χ4n) is 4.82. The van der Waals surface area contributed by atoms with Crippen molar-refractivity contribution in [3.63, 3.8) is 0 Å². The molecule has 5 aromatic rings. The molecule has 0 unspecified atom stereocenters. The summed E-state index contributed by atoms with van der Waals surface area (Å²) in [5.74, 6) is 0.637. The highest BCUT2D eigenvalue weighted by Crippen LogP contribution is 2.26. The van der Waals surface area contributed by atoms with E-state index < -0.39 is 9.84 Å². The molecule has 2 aromatic carbocycles. The van der Waals surface area contributed by atoms with Crippen molar-refractivity contribution in [2.45, 2.75) is 9.79 Å². The van der Waals surface area contributed by atoms with Crippen LogP contribution in [0.15, 0.2) is 124 Å². The number of nitrogens with zero attached hydrogens (tertiary/aromatic N) is 4. The van der Waals surface area contributed by atoms with E-state index in [1.54, 1.807) is 58.3 Å². The van der Waals surface area contributed by atoms with Gasteiger partial charge in [0.25, 0.3) is 11.8 Å². The number of amides is 2. The molecule has 0 radical (unpaired) electrons. The van der Waals surface area contributed by atoms with Crippen LogP contribution in [0.3, 0.4) is 0 Å². The highest BCUT2D eigenvalue weighted by Gasteiger charge is 2.26. The van der Waals surface area contributed by atoms with Crippen LogP contribution in [0.4, 0.5) is 11.5 Å². The fraction of sp³-hybridized carbons (Fsp3) is 0.125. The molecule has 43 heavy (non-hydrogen) atoms. The summed E-state index contributed by atoms with van der Waals surface area (Å²) in [6, 6.07) is 25.5. The number of benzene rings is 2. The molecule has 11 heteroatoms. The smallest absolute Gasteiger partial charge is 0.289 e. The third kappa shape index (κ3) is 6.02. The van der Waals surface area contributed by atoms with Gasteiger partial charge in [0.2, 0.25) is 9.84 Å². The van der Waals surface area contributed by atoms with Crippen LogP contribution in [0, 0.1) is 0 Å². The zero-order chi connectivity index (χ0) is 29.8. The topological polar surface area (TPSA) is 126 Å². The number of furan rings is 1. The lowest BCUT2D eigenvalue weighted by molar-refractivity contribution is 0.0518. The third-order valence-corrected chi connectivity index (χ3v) is 8.95. The number of carbonyl (C=O) groups is 2. The Kier molecular flexibility index (Phi) is 7.71. The Bertz CT molecular complexity index is 1830. The van der Waals surface area contributed by atoms with Crippen molar-refractivity contribution in [2.24, 2.45) is 0 Å². The summed E-state index contributed by atoms with van der Waals surface area (Å²) in [7, 11) is -3.64. The van der Waals surface area contributed by atoms with E-state index in [1.165, 1.54) is 30.8 Å². The maximum atomic E-state index is 13.1. The monoisotopic (exact) mass is 593 g/mol. The van der Waals surface area contributed by atoms with E-state index in [2.05, 4.69) is 15.3 Å². The quantitative estimate of drug-likeness (QED) is 0.282. The molecule has 1 aliphatic rings. The summed E-state index contributed by atoms with van der Waals surface area (Å²) in [6.45, 7) is 1.77. The summed E-state index contributed by atoms with van der Waals surface area (Å²) in [4.78, 5) is 37.9. The first-order valence-electron chi connectivity index (χ1n) is 13.6. The molecule has 4 heterocycles. The Morgan fingerprint density at radius 1 is 0.721 bits per heavy atom. The van der Waals surface area contributed by atoms with Crippen molar-refractivity contribution in [1.29, 1.82) is 0 Å². The predicted octanol–water partition coefficient (Wildman–Crippen LogP) is 4.91. The molecule has 6 rings (SSSR count). The number of pyridine rings is 2. The molecule has 0 aliphatic carbocycles. The highest BCUT2D eigenvalue weighted by atomic mass is 32.2. The van der Waals surface area contributed by atoms with Gasteiger partial charge in [0.1, 0.15) is 5.82 Å². The van der Waals surface area contributed by atoms with E-state index in [0.717, 1.165) is 11.3 Å². The Balaban J connectivity index is 1.08. The third-order valence-electron chi connectivity index (χ3n) is 7.16. The van der Waals surface area contributed by atoms with Crippen LogP contribution in [0.1, 0.15) is 20.9 Å². The summed E-state index contributed by atoms with van der Waals surface area (Å²) in [6.07, 6.45) is 4.37. The number of hydrogen-bond donors (Lipinski definition) is 1. The van der Waals surface area contributed by atoms with E-state index in [1.807, 2.05) is 30.3 Å². The van der Waals surface area contributed by atoms with E-state index >= 15 is 0 Å². The number of carbonyl (C=O) groups excluding carboxylic acids is 2. The Morgan fingerprint density at radius 3 is 2.02 bits per heavy atom. The molecule has 10 nitrogen and oxygen atoms in total. The zero-order valence-electron chi connectivity index (χ0n) is 23.0. The van der Waals surface area contributed by atoms with Gasteiger partial charge in [0.15, 0.2) is 5.76 Å². The molecule has 0 atom stereocenters. The second-order valence-electron chi connectivity index (χ2n) is 9.88. The number of piperazine rings is 1. The van der Waals surface area contributed by atoms with E-state index in [4.69, 9.17) is 4.42 Å². The Morgan fingerprint density at radius 2 is 1.37 bits per heavy atom. The predicted molar refractivity (Wildman–Crippen MR) is 160 cm³/mol. The van der Waals surface area contributed by atoms with Gasteiger partial charge in [-0.2, -0.15) is 0 Å². The molecule has 2 amide bonds. The molecule has 0 bridgehead atoms. The van der Waals surface area contributed by atoms with Crippen molar-refractivity contribution in [1.82, 2.24) is 19.8 Å². The minimum absolute atomic E-state index is 0.0915. The maximum absolute atomic E-state index is 13.1. The van der Waals surface area contributed by atoms with Crippen LogP contribution in [0.25, 0.3) is 11.3 Å². The zero-order valence-corrected chi connectivity index (χ0v) is 23.8. The Labute approximate surface area is 248 Å². The van der Waals surface area contributed by atoms with E-state index in [9.17, 15) is 18.0 Å². The van der Waals surface area contributed by atoms with Crippen LogP contribution in [-0.4, -0.2) is 66.2 Å². The molecule has 1 fully saturated rings. The average Bonchev–Trinajstić information content (AvgIpc) is 3.61. The molecule has 1 aliphatic heterocycles. The van der Waals surface area contributed by atoms with Crippen LogP contribution < -0.4 is 5.32 Å². The van der Waals surface area contributed by atoms with Gasteiger partial charge in [-0.05, 0) is 72.8 Å². The van der Waals surface area contributed by atoms with Gasteiger partial charge >= 0.3 is 0 Å². The molecule has 3 aromatic heterocycles. The molecule has 1 N–H and O–H groups in total. The van der Waals surface area contributed by atoms with Gasteiger partial charge in [0, 0.05) is 55.4 Å². The number of nitrogens with one attached hydrogen (secondary N) is 1. The van der Waals surface area contributed by atoms with Crippen molar-refractivity contribution in [3.05, 3.63) is 121 Å². The highest BCUT2D eigenvalue weighted by molar-refractivity contribution is 7.91. The van der Waals surface area contributed by atoms with Crippen molar-refractivity contribution in [2.75, 3.05) is 31.5 Å². The van der Waals surface area contributed by atoms with Crippen molar-refractivity contribution < 1.29 is 22.4 Å². The summed E-state index contributed by atoms with van der Waals surface area (Å²) in [5, 5.41) is 3.26. The standard InChI is InChI=1S/C32H27N5O5S/c38-31(36-18-20-37(21-19-36)32(39)29-4-2-22-42-29)24-6-10-25(11-7-24)34-30-5-1-3-28(35-30)23-8-12-26(13-9-23)43(40,41)27-14-16-33-17-15-27/h1-17,22H,18-21H2,(H,34,35). The van der Waals surface area contributed by atoms with Crippen molar-refractivity contribution >= 4 is 33.2 Å². The SMILES string of the molecule is O=C(c1ccc(Nc2cccc(-c3ccc(S(=O)(=O)c4ccncc4)cc3)n2)cc1)N1CCN(C(=O)c2ccco2)CC1. The van der Waals surface area contributed by atoms with Crippen molar-refractivity contribution in [3.8, 4) is 11.3 Å². The summed E-state index contributed by atoms with van der Waals surface area (Å²) < 4.78 is 31.0. The van der Waals surface area contributed by atoms with E-state index in [-0.39, 0.29) is 21.6 Å². The lowest BCUT2D eigenvalue weighted by atomic mass is 10.1. The molecular weight excluding hydrogens is 566 g/mol. The van der Waals surface area contributed by atoms with Crippen LogP contribution in [-0.2, 0) is 9.84 Å². The molecule has 1 saturated heterocycles. The van der Waals surface area contributed by atoms with Gasteiger partial charge in [0.05, 0.1) is 21.7 Å². The van der Waals surface area contributed by atoms with Gasteiger partial charge in [-0.25, -0.2) is 13.4 Å². The first-order chi connectivity index (χ1) is 20.9. The molecule has 216 valence electrons. The number of sulfone groups is 1. The average molecular weight is 594 g/mol. The first-order valence-corrected chi connectivity index (χ1v) is 15.1. The lowest BCUT2D eigenvalue weighted by Crippen LogP contribution is -2.50. The van der Waals surface area contributed by atoms with Gasteiger partial charge in [-0.15, -0.1) is 0 Å². The number of rotatable bonds is 7. The Hall–Kier alpha value is -5.29. The van der Waals surface area contributed by atoms with Gasteiger partial charge < -0.3 is 19.5 Å². The van der Waals surface area contributed by atoms with Gasteiger partial charge in [-0.3, -0.25) is 14.6 Å². The summed E-state index contributed by atoms with van der Waals surface area (Å²) in [5.41, 5.74) is 2.76. The van der Waals surface area contributed by atoms with Crippen LogP contribution in [0.5, 0.6) is 0 Å². The minimum Gasteiger partial charge on any atom is -0.459 e. The summed E-state index contributed by atoms with van der Waals surface area (Å²) >= 11 is 0. The largest absolute Gasteiger partial charge is 0.459 e. The second kappa shape index (κ2) is 11.9. The number of aromatic nitrogens is 2. The van der Waals surface area contributed by atoms with Gasteiger partial charge in [-0.1, -0.05) is 18.2 Å². The number of hydrogen-bond acceptors (Lipinski definition) is 8. The normalized spacial score (nSPS) is 13.5. The van der Waals surface area contributed by atoms with E-state index in [0.29, 0.717) is 49.0 Å². The maximum Gasteiger partial charge on any atom is 0.289 e.